The van der Waals surface area contributed by atoms with Crippen LogP contribution in [-0.2, 0) is 0 Å². The lowest BCUT2D eigenvalue weighted by Gasteiger charge is -2.40. The molecule has 1 fully saturated rings. The molecule has 1 aliphatic rings. The maximum atomic E-state index is 3.85. The average Bonchev–Trinajstić information content (AvgIpc) is 2.25. The van der Waals surface area contributed by atoms with Crippen molar-refractivity contribution in [2.24, 2.45) is 11.3 Å². The number of benzene rings is 1. The second kappa shape index (κ2) is 5.66. The molecule has 0 aliphatic heterocycles. The second-order valence-electron chi connectivity index (χ2n) is 7.41. The maximum Gasteiger partial charge on any atom is 0.0294 e. The van der Waals surface area contributed by atoms with E-state index in [0.29, 0.717) is 17.5 Å². The highest BCUT2D eigenvalue weighted by Crippen LogP contribution is 2.39. The summed E-state index contributed by atoms with van der Waals surface area (Å²) in [5, 5.41) is 3.85. The van der Waals surface area contributed by atoms with Crippen molar-refractivity contribution in [3.05, 3.63) is 35.4 Å². The minimum absolute atomic E-state index is 0.450. The Hall–Kier alpha value is -0.820. The molecule has 0 saturated heterocycles. The molecule has 1 nitrogen and oxygen atoms in total. The van der Waals surface area contributed by atoms with Crippen LogP contribution in [0.4, 0.5) is 0 Å². The number of hydrogen-bond acceptors (Lipinski definition) is 1. The Bertz CT molecular complexity index is 421. The molecule has 19 heavy (non-hydrogen) atoms. The van der Waals surface area contributed by atoms with Crippen LogP contribution in [0.1, 0.15) is 64.1 Å². The predicted molar refractivity (Wildman–Crippen MR) is 83.3 cm³/mol. The van der Waals surface area contributed by atoms with Gasteiger partial charge in [0.05, 0.1) is 0 Å². The van der Waals surface area contributed by atoms with Crippen molar-refractivity contribution in [1.82, 2.24) is 5.32 Å². The van der Waals surface area contributed by atoms with Crippen LogP contribution in [0.25, 0.3) is 0 Å². The molecule has 2 unspecified atom stereocenters. The van der Waals surface area contributed by atoms with E-state index < -0.39 is 0 Å². The quantitative estimate of drug-likeness (QED) is 0.817. The van der Waals surface area contributed by atoms with Gasteiger partial charge in [0, 0.05) is 12.1 Å². The van der Waals surface area contributed by atoms with Gasteiger partial charge in [0.1, 0.15) is 0 Å². The average molecular weight is 259 g/mol. The summed E-state index contributed by atoms with van der Waals surface area (Å²) in [5.74, 6) is 0.839. The molecule has 0 bridgehead atoms. The topological polar surface area (TPSA) is 12.0 Å². The summed E-state index contributed by atoms with van der Waals surface area (Å²) in [6, 6.07) is 9.98. The third-order valence-electron chi connectivity index (χ3n) is 4.41. The summed E-state index contributed by atoms with van der Waals surface area (Å²) < 4.78 is 0. The smallest absolute Gasteiger partial charge is 0.0294 e. The zero-order valence-electron chi connectivity index (χ0n) is 13.2. The van der Waals surface area contributed by atoms with Crippen LogP contribution in [0.5, 0.6) is 0 Å². The van der Waals surface area contributed by atoms with E-state index in [4.69, 9.17) is 0 Å². The Morgan fingerprint density at radius 1 is 1.26 bits per heavy atom. The third-order valence-corrected chi connectivity index (χ3v) is 4.41. The van der Waals surface area contributed by atoms with E-state index in [0.717, 1.165) is 5.92 Å². The predicted octanol–water partition coefficient (Wildman–Crippen LogP) is 4.86. The third kappa shape index (κ3) is 4.07. The summed E-state index contributed by atoms with van der Waals surface area (Å²) in [6.07, 6.45) is 3.98. The minimum atomic E-state index is 0.450. The van der Waals surface area contributed by atoms with Crippen molar-refractivity contribution >= 4 is 0 Å². The van der Waals surface area contributed by atoms with Crippen molar-refractivity contribution < 1.29 is 0 Å². The highest BCUT2D eigenvalue weighted by molar-refractivity contribution is 5.24. The number of rotatable bonds is 3. The minimum Gasteiger partial charge on any atom is -0.307 e. The molecule has 3 atom stereocenters. The SMILES string of the molecule is Cc1cccc([C@H](C)NC2CC(C)CC(C)(C)C2)c1. The molecule has 0 radical (unpaired) electrons. The van der Waals surface area contributed by atoms with Gasteiger partial charge < -0.3 is 5.32 Å². The van der Waals surface area contributed by atoms with Gasteiger partial charge in [0.15, 0.2) is 0 Å². The van der Waals surface area contributed by atoms with E-state index in [-0.39, 0.29) is 0 Å². The Labute approximate surface area is 118 Å². The molecule has 1 aromatic rings. The Morgan fingerprint density at radius 2 is 2.00 bits per heavy atom. The number of aryl methyl sites for hydroxylation is 1. The monoisotopic (exact) mass is 259 g/mol. The second-order valence-corrected chi connectivity index (χ2v) is 7.41. The lowest BCUT2D eigenvalue weighted by molar-refractivity contribution is 0.145. The van der Waals surface area contributed by atoms with Gasteiger partial charge in [-0.1, -0.05) is 50.6 Å². The highest BCUT2D eigenvalue weighted by Gasteiger charge is 2.32. The van der Waals surface area contributed by atoms with E-state index in [1.54, 1.807) is 0 Å². The molecular formula is C18H29N. The van der Waals surface area contributed by atoms with Gasteiger partial charge in [-0.2, -0.15) is 0 Å². The van der Waals surface area contributed by atoms with Gasteiger partial charge in [-0.15, -0.1) is 0 Å². The van der Waals surface area contributed by atoms with Gasteiger partial charge in [0.2, 0.25) is 0 Å². The molecule has 1 aromatic carbocycles. The lowest BCUT2D eigenvalue weighted by atomic mass is 9.70. The standard InChI is InChI=1S/C18H29N/c1-13-7-6-8-16(9-13)15(3)19-17-10-14(2)11-18(4,5)12-17/h6-9,14-15,17,19H,10-12H2,1-5H3/t14?,15-,17?/m0/s1. The highest BCUT2D eigenvalue weighted by atomic mass is 14.9. The van der Waals surface area contributed by atoms with E-state index >= 15 is 0 Å². The van der Waals surface area contributed by atoms with Crippen LogP contribution in [0.15, 0.2) is 24.3 Å². The first kappa shape index (κ1) is 14.6. The van der Waals surface area contributed by atoms with Gasteiger partial charge in [-0.05, 0) is 50.0 Å². The van der Waals surface area contributed by atoms with Crippen molar-refractivity contribution in [2.45, 2.75) is 66.0 Å². The largest absolute Gasteiger partial charge is 0.307 e. The molecule has 2 rings (SSSR count). The van der Waals surface area contributed by atoms with Crippen LogP contribution in [0.3, 0.4) is 0 Å². The van der Waals surface area contributed by atoms with Crippen molar-refractivity contribution in [3.8, 4) is 0 Å². The molecule has 1 heteroatoms. The van der Waals surface area contributed by atoms with E-state index in [2.05, 4.69) is 64.2 Å². The Kier molecular flexibility index (Phi) is 4.35. The van der Waals surface area contributed by atoms with Crippen LogP contribution >= 0.6 is 0 Å². The first-order valence-electron chi connectivity index (χ1n) is 7.68. The van der Waals surface area contributed by atoms with Crippen molar-refractivity contribution in [1.29, 1.82) is 0 Å². The molecule has 1 aliphatic carbocycles. The fourth-order valence-electron chi connectivity index (χ4n) is 3.86. The van der Waals surface area contributed by atoms with E-state index in [1.165, 1.54) is 30.4 Å². The zero-order valence-corrected chi connectivity index (χ0v) is 13.2. The summed E-state index contributed by atoms with van der Waals surface area (Å²) in [7, 11) is 0. The Morgan fingerprint density at radius 3 is 2.63 bits per heavy atom. The van der Waals surface area contributed by atoms with Gasteiger partial charge in [0.25, 0.3) is 0 Å². The lowest BCUT2D eigenvalue weighted by Crippen LogP contribution is -2.41. The summed E-state index contributed by atoms with van der Waals surface area (Å²) in [5.41, 5.74) is 3.25. The molecule has 1 saturated carbocycles. The fraction of sp³-hybridized carbons (Fsp3) is 0.667. The first-order valence-corrected chi connectivity index (χ1v) is 7.68. The molecule has 1 N–H and O–H groups in total. The van der Waals surface area contributed by atoms with E-state index in [1.807, 2.05) is 0 Å². The fourth-order valence-corrected chi connectivity index (χ4v) is 3.86. The zero-order chi connectivity index (χ0) is 14.0. The van der Waals surface area contributed by atoms with Gasteiger partial charge in [-0.3, -0.25) is 0 Å². The number of hydrogen-bond donors (Lipinski definition) is 1. The van der Waals surface area contributed by atoms with Crippen LogP contribution in [0, 0.1) is 18.3 Å². The van der Waals surface area contributed by atoms with Crippen LogP contribution in [0.2, 0.25) is 0 Å². The van der Waals surface area contributed by atoms with Gasteiger partial charge in [-0.25, -0.2) is 0 Å². The van der Waals surface area contributed by atoms with Crippen LogP contribution < -0.4 is 5.32 Å². The molecular weight excluding hydrogens is 230 g/mol. The summed E-state index contributed by atoms with van der Waals surface area (Å²) in [4.78, 5) is 0. The summed E-state index contributed by atoms with van der Waals surface area (Å²) >= 11 is 0. The van der Waals surface area contributed by atoms with Crippen molar-refractivity contribution in [3.63, 3.8) is 0 Å². The molecule has 0 amide bonds. The molecule has 0 spiro atoms. The maximum absolute atomic E-state index is 3.85. The molecule has 0 aromatic heterocycles. The van der Waals surface area contributed by atoms with Crippen molar-refractivity contribution in [2.75, 3.05) is 0 Å². The first-order chi connectivity index (χ1) is 8.85. The van der Waals surface area contributed by atoms with E-state index in [9.17, 15) is 0 Å². The van der Waals surface area contributed by atoms with Crippen LogP contribution in [-0.4, -0.2) is 6.04 Å². The molecule has 106 valence electrons. The Balaban J connectivity index is 2.00. The molecule has 0 heterocycles. The number of nitrogens with one attached hydrogen (secondary N) is 1. The van der Waals surface area contributed by atoms with Gasteiger partial charge >= 0.3 is 0 Å². The summed E-state index contributed by atoms with van der Waals surface area (Å²) in [6.45, 7) is 11.7. The normalized spacial score (nSPS) is 28.1.